The van der Waals surface area contributed by atoms with E-state index in [1.807, 2.05) is 26.8 Å². The highest BCUT2D eigenvalue weighted by Gasteiger charge is 2.13. The number of nitrogens with one attached hydrogen (secondary N) is 1. The second-order valence-corrected chi connectivity index (χ2v) is 5.38. The number of aromatic nitrogens is 1. The van der Waals surface area contributed by atoms with E-state index < -0.39 is 0 Å². The van der Waals surface area contributed by atoms with Gasteiger partial charge in [0.1, 0.15) is 4.88 Å². The Kier molecular flexibility index (Phi) is 3.34. The van der Waals surface area contributed by atoms with Crippen LogP contribution < -0.4 is 11.1 Å². The Balaban J connectivity index is 2.21. The number of nitrogens with two attached hydrogens (primary N) is 1. The van der Waals surface area contributed by atoms with E-state index in [0.717, 1.165) is 27.6 Å². The molecule has 0 aliphatic heterocycles. The third-order valence-corrected chi connectivity index (χ3v) is 3.71. The molecule has 3 N–H and O–H groups in total. The van der Waals surface area contributed by atoms with E-state index in [1.54, 1.807) is 12.1 Å². The van der Waals surface area contributed by atoms with Gasteiger partial charge in [-0.2, -0.15) is 0 Å². The third-order valence-electron chi connectivity index (χ3n) is 2.64. The monoisotopic (exact) mass is 261 g/mol. The average molecular weight is 261 g/mol. The van der Waals surface area contributed by atoms with Crippen molar-refractivity contribution in [3.63, 3.8) is 0 Å². The molecule has 5 heteroatoms. The predicted molar refractivity (Wildman–Crippen MR) is 75.1 cm³/mol. The highest BCUT2D eigenvalue weighted by Crippen LogP contribution is 2.21. The van der Waals surface area contributed by atoms with Crippen LogP contribution in [0, 0.1) is 20.8 Å². The van der Waals surface area contributed by atoms with Crippen LogP contribution in [0.25, 0.3) is 0 Å². The summed E-state index contributed by atoms with van der Waals surface area (Å²) >= 11 is 1.40. The fourth-order valence-corrected chi connectivity index (χ4v) is 2.50. The van der Waals surface area contributed by atoms with Gasteiger partial charge in [0.15, 0.2) is 0 Å². The highest BCUT2D eigenvalue weighted by molar-refractivity contribution is 7.13. The van der Waals surface area contributed by atoms with Crippen LogP contribution in [0.1, 0.15) is 25.9 Å². The molecule has 0 spiro atoms. The molecule has 0 radical (unpaired) electrons. The van der Waals surface area contributed by atoms with Crippen molar-refractivity contribution >= 4 is 28.6 Å². The summed E-state index contributed by atoms with van der Waals surface area (Å²) in [5, 5.41) is 3.75. The number of aryl methyl sites for hydroxylation is 3. The Morgan fingerprint density at radius 2 is 2.06 bits per heavy atom. The molecule has 4 nitrogen and oxygen atoms in total. The highest BCUT2D eigenvalue weighted by atomic mass is 32.1. The van der Waals surface area contributed by atoms with E-state index in [4.69, 9.17) is 5.73 Å². The first-order chi connectivity index (χ1) is 8.47. The maximum Gasteiger partial charge on any atom is 0.267 e. The number of anilines is 2. The summed E-state index contributed by atoms with van der Waals surface area (Å²) in [4.78, 5) is 17.0. The standard InChI is InChI=1S/C13H15N3OS/c1-7-6-10(4-5-11(7)14)16-13(17)12-8(2)15-9(3)18-12/h4-6H,14H2,1-3H3,(H,16,17). The average Bonchev–Trinajstić information content (AvgIpc) is 2.63. The SMILES string of the molecule is Cc1nc(C)c(C(=O)Nc2ccc(N)c(C)c2)s1. The van der Waals surface area contributed by atoms with Crippen molar-refractivity contribution < 1.29 is 4.79 Å². The van der Waals surface area contributed by atoms with E-state index in [0.29, 0.717) is 4.88 Å². The zero-order valence-corrected chi connectivity index (χ0v) is 11.4. The molecular formula is C13H15N3OS. The molecule has 0 aliphatic rings. The zero-order chi connectivity index (χ0) is 13.3. The van der Waals surface area contributed by atoms with Gasteiger partial charge in [-0.15, -0.1) is 11.3 Å². The molecule has 0 unspecified atom stereocenters. The van der Waals surface area contributed by atoms with Crippen molar-refractivity contribution in [2.45, 2.75) is 20.8 Å². The Labute approximate surface area is 110 Å². The first-order valence-corrected chi connectivity index (χ1v) is 6.40. The summed E-state index contributed by atoms with van der Waals surface area (Å²) in [5.74, 6) is -0.123. The maximum absolute atomic E-state index is 12.1. The quantitative estimate of drug-likeness (QED) is 0.817. The second-order valence-electron chi connectivity index (χ2n) is 4.17. The van der Waals surface area contributed by atoms with Gasteiger partial charge in [0.05, 0.1) is 10.7 Å². The lowest BCUT2D eigenvalue weighted by atomic mass is 10.2. The van der Waals surface area contributed by atoms with Crippen LogP contribution in [0.15, 0.2) is 18.2 Å². The van der Waals surface area contributed by atoms with Crippen molar-refractivity contribution in [1.29, 1.82) is 0 Å². The first-order valence-electron chi connectivity index (χ1n) is 5.59. The number of rotatable bonds is 2. The Bertz CT molecular complexity index is 604. The smallest absolute Gasteiger partial charge is 0.267 e. The minimum atomic E-state index is -0.123. The normalized spacial score (nSPS) is 10.4. The van der Waals surface area contributed by atoms with Gasteiger partial charge in [0, 0.05) is 11.4 Å². The Hall–Kier alpha value is -1.88. The molecular weight excluding hydrogens is 246 g/mol. The number of benzene rings is 1. The fourth-order valence-electron chi connectivity index (χ4n) is 1.68. The van der Waals surface area contributed by atoms with E-state index >= 15 is 0 Å². The van der Waals surface area contributed by atoms with Gasteiger partial charge >= 0.3 is 0 Å². The molecule has 1 heterocycles. The second kappa shape index (κ2) is 4.78. The maximum atomic E-state index is 12.1. The minimum Gasteiger partial charge on any atom is -0.399 e. The first kappa shape index (κ1) is 12.6. The summed E-state index contributed by atoms with van der Waals surface area (Å²) in [6.45, 7) is 5.64. The summed E-state index contributed by atoms with van der Waals surface area (Å²) in [6.07, 6.45) is 0. The fraction of sp³-hybridized carbons (Fsp3) is 0.231. The minimum absolute atomic E-state index is 0.123. The molecule has 0 saturated carbocycles. The van der Waals surface area contributed by atoms with E-state index in [9.17, 15) is 4.79 Å². The molecule has 2 rings (SSSR count). The van der Waals surface area contributed by atoms with E-state index in [2.05, 4.69) is 10.3 Å². The summed E-state index contributed by atoms with van der Waals surface area (Å²) < 4.78 is 0. The molecule has 0 fully saturated rings. The van der Waals surface area contributed by atoms with Crippen LogP contribution in [0.2, 0.25) is 0 Å². The molecule has 1 amide bonds. The van der Waals surface area contributed by atoms with Gasteiger partial charge < -0.3 is 11.1 Å². The van der Waals surface area contributed by atoms with Crippen LogP contribution in [0.3, 0.4) is 0 Å². The number of carbonyl (C=O) groups is 1. The number of nitrogen functional groups attached to an aromatic ring is 1. The Morgan fingerprint density at radius 3 is 2.61 bits per heavy atom. The molecule has 2 aromatic rings. The van der Waals surface area contributed by atoms with Crippen molar-refractivity contribution in [2.24, 2.45) is 0 Å². The molecule has 1 aromatic carbocycles. The van der Waals surface area contributed by atoms with Crippen LogP contribution >= 0.6 is 11.3 Å². The molecule has 0 saturated heterocycles. The lowest BCUT2D eigenvalue weighted by molar-refractivity contribution is 0.103. The van der Waals surface area contributed by atoms with Gasteiger partial charge in [-0.1, -0.05) is 0 Å². The largest absolute Gasteiger partial charge is 0.399 e. The van der Waals surface area contributed by atoms with Crippen LogP contribution in [-0.4, -0.2) is 10.9 Å². The van der Waals surface area contributed by atoms with E-state index in [-0.39, 0.29) is 5.91 Å². The van der Waals surface area contributed by atoms with Crippen LogP contribution in [0.5, 0.6) is 0 Å². The van der Waals surface area contributed by atoms with Crippen LogP contribution in [-0.2, 0) is 0 Å². The van der Waals surface area contributed by atoms with Crippen molar-refractivity contribution in [3.8, 4) is 0 Å². The molecule has 0 aliphatic carbocycles. The van der Waals surface area contributed by atoms with Gasteiger partial charge in [0.2, 0.25) is 0 Å². The van der Waals surface area contributed by atoms with Crippen molar-refractivity contribution in [3.05, 3.63) is 39.3 Å². The summed E-state index contributed by atoms with van der Waals surface area (Å²) in [7, 11) is 0. The number of thiazole rings is 1. The predicted octanol–water partition coefficient (Wildman–Crippen LogP) is 2.90. The van der Waals surface area contributed by atoms with Gasteiger partial charge in [-0.25, -0.2) is 4.98 Å². The van der Waals surface area contributed by atoms with Gasteiger partial charge in [-0.05, 0) is 44.5 Å². The number of amides is 1. The Morgan fingerprint density at radius 1 is 1.33 bits per heavy atom. The number of carbonyl (C=O) groups excluding carboxylic acids is 1. The van der Waals surface area contributed by atoms with Crippen LogP contribution in [0.4, 0.5) is 11.4 Å². The molecule has 0 bridgehead atoms. The molecule has 0 atom stereocenters. The van der Waals surface area contributed by atoms with Crippen molar-refractivity contribution in [1.82, 2.24) is 4.98 Å². The molecule has 1 aromatic heterocycles. The molecule has 94 valence electrons. The van der Waals surface area contributed by atoms with Gasteiger partial charge in [-0.3, -0.25) is 4.79 Å². The molecule has 18 heavy (non-hydrogen) atoms. The van der Waals surface area contributed by atoms with Crippen molar-refractivity contribution in [2.75, 3.05) is 11.1 Å². The third kappa shape index (κ3) is 2.51. The topological polar surface area (TPSA) is 68.0 Å². The number of hydrogen-bond acceptors (Lipinski definition) is 4. The van der Waals surface area contributed by atoms with E-state index in [1.165, 1.54) is 11.3 Å². The van der Waals surface area contributed by atoms with Gasteiger partial charge in [0.25, 0.3) is 5.91 Å². The number of hydrogen-bond donors (Lipinski definition) is 2. The lowest BCUT2D eigenvalue weighted by Crippen LogP contribution is -2.11. The number of nitrogens with zero attached hydrogens (tertiary/aromatic N) is 1. The lowest BCUT2D eigenvalue weighted by Gasteiger charge is -2.06. The zero-order valence-electron chi connectivity index (χ0n) is 10.6. The summed E-state index contributed by atoms with van der Waals surface area (Å²) in [6, 6.07) is 5.44. The summed E-state index contributed by atoms with van der Waals surface area (Å²) in [5.41, 5.74) is 8.92.